The Balaban J connectivity index is 2.83. The molecule has 0 spiro atoms. The fourth-order valence-electron chi connectivity index (χ4n) is 2.03. The van der Waals surface area contributed by atoms with Crippen molar-refractivity contribution in [3.63, 3.8) is 0 Å². The highest BCUT2D eigenvalue weighted by molar-refractivity contribution is 5.79. The summed E-state index contributed by atoms with van der Waals surface area (Å²) in [7, 11) is 6.63. The summed E-state index contributed by atoms with van der Waals surface area (Å²) in [5, 5.41) is 6.54. The Kier molecular flexibility index (Phi) is 7.96. The van der Waals surface area contributed by atoms with E-state index < -0.39 is 0 Å². The fourth-order valence-corrected chi connectivity index (χ4v) is 2.03. The molecule has 1 aromatic carbocycles. The maximum Gasteiger partial charge on any atom is 0.191 e. The second-order valence-electron chi connectivity index (χ2n) is 4.72. The molecule has 6 heteroatoms. The van der Waals surface area contributed by atoms with Gasteiger partial charge in [0.2, 0.25) is 0 Å². The number of ether oxygens (including phenoxy) is 3. The Morgan fingerprint density at radius 2 is 1.68 bits per heavy atom. The summed E-state index contributed by atoms with van der Waals surface area (Å²) in [6.45, 7) is 3.60. The van der Waals surface area contributed by atoms with Crippen molar-refractivity contribution in [3.8, 4) is 17.2 Å². The molecule has 124 valence electrons. The third-order valence-electron chi connectivity index (χ3n) is 3.30. The summed E-state index contributed by atoms with van der Waals surface area (Å²) < 4.78 is 16.1. The van der Waals surface area contributed by atoms with Gasteiger partial charge in [-0.1, -0.05) is 13.3 Å². The molecule has 0 amide bonds. The van der Waals surface area contributed by atoms with Gasteiger partial charge >= 0.3 is 0 Å². The quantitative estimate of drug-likeness (QED) is 0.438. The number of nitrogens with one attached hydrogen (secondary N) is 2. The fraction of sp³-hybridized carbons (Fsp3) is 0.562. The first-order valence-electron chi connectivity index (χ1n) is 7.43. The Morgan fingerprint density at radius 3 is 2.14 bits per heavy atom. The smallest absolute Gasteiger partial charge is 0.191 e. The van der Waals surface area contributed by atoms with E-state index in [9.17, 15) is 0 Å². The van der Waals surface area contributed by atoms with Gasteiger partial charge in [0.15, 0.2) is 5.96 Å². The first kappa shape index (κ1) is 17.9. The Labute approximate surface area is 132 Å². The normalized spacial score (nSPS) is 11.0. The van der Waals surface area contributed by atoms with Crippen molar-refractivity contribution < 1.29 is 14.2 Å². The minimum Gasteiger partial charge on any atom is -0.496 e. The van der Waals surface area contributed by atoms with Crippen LogP contribution in [0.3, 0.4) is 0 Å². The van der Waals surface area contributed by atoms with Crippen LogP contribution in [0, 0.1) is 0 Å². The van der Waals surface area contributed by atoms with Gasteiger partial charge < -0.3 is 24.8 Å². The zero-order valence-corrected chi connectivity index (χ0v) is 14.2. The maximum absolute atomic E-state index is 5.43. The van der Waals surface area contributed by atoms with Gasteiger partial charge in [-0.3, -0.25) is 4.99 Å². The Bertz CT molecular complexity index is 465. The van der Waals surface area contributed by atoms with Gasteiger partial charge in [-0.15, -0.1) is 0 Å². The van der Waals surface area contributed by atoms with Gasteiger partial charge in [0.05, 0.1) is 33.4 Å². The molecule has 6 nitrogen and oxygen atoms in total. The highest BCUT2D eigenvalue weighted by Crippen LogP contribution is 2.33. The van der Waals surface area contributed by atoms with E-state index >= 15 is 0 Å². The molecule has 0 saturated carbocycles. The van der Waals surface area contributed by atoms with Gasteiger partial charge in [-0.2, -0.15) is 0 Å². The van der Waals surface area contributed by atoms with Crippen molar-refractivity contribution in [1.29, 1.82) is 0 Å². The number of guanidine groups is 1. The lowest BCUT2D eigenvalue weighted by Gasteiger charge is -2.17. The highest BCUT2D eigenvalue weighted by atomic mass is 16.5. The van der Waals surface area contributed by atoms with E-state index in [0.29, 0.717) is 23.8 Å². The summed E-state index contributed by atoms with van der Waals surface area (Å²) in [4.78, 5) is 4.21. The standard InChI is InChI=1S/C16H27N3O3/c1-6-7-8-18-16(17-2)19-11-13-14(21-4)9-12(20-3)10-15(13)22-5/h9-10H,6-8,11H2,1-5H3,(H2,17,18,19). The SMILES string of the molecule is CCCCNC(=NC)NCc1c(OC)cc(OC)cc1OC. The van der Waals surface area contributed by atoms with Crippen LogP contribution in [0.15, 0.2) is 17.1 Å². The van der Waals surface area contributed by atoms with Gasteiger partial charge in [-0.05, 0) is 6.42 Å². The van der Waals surface area contributed by atoms with Crippen molar-refractivity contribution in [1.82, 2.24) is 10.6 Å². The van der Waals surface area contributed by atoms with Gasteiger partial charge in [-0.25, -0.2) is 0 Å². The molecule has 0 radical (unpaired) electrons. The van der Waals surface area contributed by atoms with E-state index in [1.165, 1.54) is 0 Å². The summed E-state index contributed by atoms with van der Waals surface area (Å²) in [6, 6.07) is 3.68. The van der Waals surface area contributed by atoms with Crippen molar-refractivity contribution in [3.05, 3.63) is 17.7 Å². The Hall–Kier alpha value is -2.11. The molecule has 2 N–H and O–H groups in total. The third kappa shape index (κ3) is 5.02. The molecule has 0 fully saturated rings. The number of aliphatic imine (C=N–C) groups is 1. The zero-order chi connectivity index (χ0) is 16.4. The van der Waals surface area contributed by atoms with Gasteiger partial charge in [0.1, 0.15) is 17.2 Å². The monoisotopic (exact) mass is 309 g/mol. The molecular weight excluding hydrogens is 282 g/mol. The third-order valence-corrected chi connectivity index (χ3v) is 3.30. The number of rotatable bonds is 8. The van der Waals surface area contributed by atoms with Crippen LogP contribution in [0.4, 0.5) is 0 Å². The molecule has 0 bridgehead atoms. The highest BCUT2D eigenvalue weighted by Gasteiger charge is 2.13. The van der Waals surface area contributed by atoms with Crippen LogP contribution < -0.4 is 24.8 Å². The molecule has 0 aliphatic heterocycles. The van der Waals surface area contributed by atoms with Crippen LogP contribution in [-0.4, -0.2) is 40.9 Å². The lowest BCUT2D eigenvalue weighted by molar-refractivity contribution is 0.368. The van der Waals surface area contributed by atoms with Crippen LogP contribution >= 0.6 is 0 Å². The summed E-state index contributed by atoms with van der Waals surface area (Å²) in [6.07, 6.45) is 2.25. The minimum absolute atomic E-state index is 0.544. The molecule has 0 unspecified atom stereocenters. The minimum atomic E-state index is 0.544. The van der Waals surface area contributed by atoms with E-state index in [-0.39, 0.29) is 0 Å². The molecule has 0 saturated heterocycles. The second-order valence-corrected chi connectivity index (χ2v) is 4.72. The first-order valence-corrected chi connectivity index (χ1v) is 7.43. The lowest BCUT2D eigenvalue weighted by atomic mass is 10.1. The summed E-state index contributed by atoms with van der Waals surface area (Å²) in [5.41, 5.74) is 0.921. The molecule has 1 aromatic rings. The zero-order valence-electron chi connectivity index (χ0n) is 14.2. The lowest BCUT2D eigenvalue weighted by Crippen LogP contribution is -2.37. The van der Waals surface area contributed by atoms with Gasteiger partial charge in [0.25, 0.3) is 0 Å². The predicted molar refractivity (Wildman–Crippen MR) is 89.2 cm³/mol. The molecule has 22 heavy (non-hydrogen) atoms. The topological polar surface area (TPSA) is 64.1 Å². The van der Waals surface area contributed by atoms with Crippen LogP contribution in [-0.2, 0) is 6.54 Å². The van der Waals surface area contributed by atoms with E-state index in [1.807, 2.05) is 12.1 Å². The molecule has 0 aliphatic carbocycles. The number of nitrogens with zero attached hydrogens (tertiary/aromatic N) is 1. The number of hydrogen-bond donors (Lipinski definition) is 2. The average molecular weight is 309 g/mol. The molecule has 0 heterocycles. The molecule has 0 atom stereocenters. The van der Waals surface area contributed by atoms with Crippen molar-refractivity contribution in [2.45, 2.75) is 26.3 Å². The summed E-state index contributed by atoms with van der Waals surface area (Å²) >= 11 is 0. The summed E-state index contributed by atoms with van der Waals surface area (Å²) in [5.74, 6) is 2.89. The van der Waals surface area contributed by atoms with E-state index in [0.717, 1.165) is 30.9 Å². The maximum atomic E-state index is 5.43. The molecule has 0 aliphatic rings. The largest absolute Gasteiger partial charge is 0.496 e. The van der Waals surface area contributed by atoms with Crippen LogP contribution in [0.2, 0.25) is 0 Å². The van der Waals surface area contributed by atoms with E-state index in [4.69, 9.17) is 14.2 Å². The first-order chi connectivity index (χ1) is 10.7. The number of methoxy groups -OCH3 is 3. The number of unbranched alkanes of at least 4 members (excludes halogenated alkanes) is 1. The predicted octanol–water partition coefficient (Wildman–Crippen LogP) is 2.18. The van der Waals surface area contributed by atoms with Crippen molar-refractivity contribution >= 4 is 5.96 Å². The van der Waals surface area contributed by atoms with Crippen LogP contribution in [0.25, 0.3) is 0 Å². The van der Waals surface area contributed by atoms with Crippen molar-refractivity contribution in [2.75, 3.05) is 34.9 Å². The van der Waals surface area contributed by atoms with Crippen molar-refractivity contribution in [2.24, 2.45) is 4.99 Å². The molecular formula is C16H27N3O3. The average Bonchev–Trinajstić information content (AvgIpc) is 2.57. The van der Waals surface area contributed by atoms with Gasteiger partial charge in [0, 0.05) is 25.7 Å². The van der Waals surface area contributed by atoms with Crippen LogP contribution in [0.5, 0.6) is 17.2 Å². The molecule has 1 rings (SSSR count). The van der Waals surface area contributed by atoms with E-state index in [2.05, 4.69) is 22.5 Å². The second kappa shape index (κ2) is 9.76. The number of hydrogen-bond acceptors (Lipinski definition) is 4. The molecule has 0 aromatic heterocycles. The van der Waals surface area contributed by atoms with Crippen LogP contribution in [0.1, 0.15) is 25.3 Å². The number of benzene rings is 1. The van der Waals surface area contributed by atoms with E-state index in [1.54, 1.807) is 28.4 Å². The Morgan fingerprint density at radius 1 is 1.05 bits per heavy atom.